The first kappa shape index (κ1) is 23.3. The molecule has 11 heteroatoms. The van der Waals surface area contributed by atoms with Crippen molar-refractivity contribution in [3.63, 3.8) is 0 Å². The Hall–Kier alpha value is -3.44. The number of anilines is 1. The van der Waals surface area contributed by atoms with Crippen molar-refractivity contribution in [1.29, 1.82) is 0 Å². The average molecular weight is 499 g/mol. The lowest BCUT2D eigenvalue weighted by Crippen LogP contribution is -2.43. The number of ether oxygens (including phenoxy) is 1. The van der Waals surface area contributed by atoms with Gasteiger partial charge in [0.1, 0.15) is 5.60 Å². The van der Waals surface area contributed by atoms with Crippen LogP contribution < -0.4 is 5.06 Å². The molecule has 4 heterocycles. The SMILES string of the molecule is CON1C(=O)C2(CCN(C(=O)OC(C)(C)C)C2)c2c1cnc1c2ccn1S(=O)(=O)c1ccccc1. The van der Waals surface area contributed by atoms with Crippen LogP contribution >= 0.6 is 0 Å². The Kier molecular flexibility index (Phi) is 5.19. The van der Waals surface area contributed by atoms with Crippen LogP contribution in [0.3, 0.4) is 0 Å². The molecule has 184 valence electrons. The van der Waals surface area contributed by atoms with Crippen LogP contribution in [0, 0.1) is 0 Å². The van der Waals surface area contributed by atoms with Crippen LogP contribution in [0.2, 0.25) is 0 Å². The number of rotatable bonds is 3. The zero-order valence-corrected chi connectivity index (χ0v) is 20.7. The van der Waals surface area contributed by atoms with Crippen molar-refractivity contribution in [2.24, 2.45) is 0 Å². The van der Waals surface area contributed by atoms with Gasteiger partial charge in [0.15, 0.2) is 5.65 Å². The number of likely N-dealkylation sites (tertiary alicyclic amines) is 1. The number of hydrogen-bond donors (Lipinski definition) is 0. The Morgan fingerprint density at radius 2 is 1.86 bits per heavy atom. The van der Waals surface area contributed by atoms with Gasteiger partial charge in [-0.05, 0) is 45.4 Å². The molecule has 1 aromatic carbocycles. The summed E-state index contributed by atoms with van der Waals surface area (Å²) in [7, 11) is -2.53. The first-order valence-corrected chi connectivity index (χ1v) is 12.6. The molecule has 2 aromatic heterocycles. The summed E-state index contributed by atoms with van der Waals surface area (Å²) in [4.78, 5) is 37.8. The lowest BCUT2D eigenvalue weighted by Gasteiger charge is -2.26. The van der Waals surface area contributed by atoms with Crippen molar-refractivity contribution in [1.82, 2.24) is 13.9 Å². The maximum absolute atomic E-state index is 13.6. The Labute approximate surface area is 203 Å². The van der Waals surface area contributed by atoms with Crippen LogP contribution in [0.1, 0.15) is 32.8 Å². The third kappa shape index (κ3) is 3.49. The van der Waals surface area contributed by atoms with Gasteiger partial charge in [-0.3, -0.25) is 9.63 Å². The summed E-state index contributed by atoms with van der Waals surface area (Å²) in [5, 5.41) is 1.68. The van der Waals surface area contributed by atoms with E-state index in [-0.39, 0.29) is 23.0 Å². The van der Waals surface area contributed by atoms with Gasteiger partial charge in [0.05, 0.1) is 29.3 Å². The predicted octanol–water partition coefficient (Wildman–Crippen LogP) is 3.06. The van der Waals surface area contributed by atoms with Crippen molar-refractivity contribution >= 4 is 38.7 Å². The zero-order valence-electron chi connectivity index (χ0n) is 19.9. The summed E-state index contributed by atoms with van der Waals surface area (Å²) < 4.78 is 33.3. The minimum Gasteiger partial charge on any atom is -0.444 e. The Morgan fingerprint density at radius 1 is 1.14 bits per heavy atom. The molecule has 1 atom stereocenters. The molecule has 2 aliphatic rings. The maximum Gasteiger partial charge on any atom is 0.410 e. The molecule has 1 fully saturated rings. The van der Waals surface area contributed by atoms with E-state index in [1.54, 1.807) is 45.0 Å². The van der Waals surface area contributed by atoms with Crippen molar-refractivity contribution in [3.05, 3.63) is 54.4 Å². The van der Waals surface area contributed by atoms with Gasteiger partial charge in [0.25, 0.3) is 15.9 Å². The smallest absolute Gasteiger partial charge is 0.410 e. The Morgan fingerprint density at radius 3 is 2.51 bits per heavy atom. The first-order chi connectivity index (χ1) is 16.5. The fourth-order valence-electron chi connectivity index (χ4n) is 4.87. The quantitative estimate of drug-likeness (QED) is 0.546. The van der Waals surface area contributed by atoms with E-state index in [0.29, 0.717) is 29.6 Å². The van der Waals surface area contributed by atoms with Crippen molar-refractivity contribution in [2.45, 2.75) is 43.1 Å². The number of nitrogens with zero attached hydrogens (tertiary/aromatic N) is 4. The third-order valence-electron chi connectivity index (χ3n) is 6.36. The number of hydroxylamine groups is 1. The molecule has 0 saturated carbocycles. The predicted molar refractivity (Wildman–Crippen MR) is 127 cm³/mol. The molecule has 5 rings (SSSR count). The van der Waals surface area contributed by atoms with Gasteiger partial charge >= 0.3 is 6.09 Å². The number of amides is 2. The number of aromatic nitrogens is 2. The van der Waals surface area contributed by atoms with E-state index in [9.17, 15) is 18.0 Å². The Balaban J connectivity index is 1.64. The number of pyridine rings is 1. The average Bonchev–Trinajstić information content (AvgIpc) is 3.49. The highest BCUT2D eigenvalue weighted by Crippen LogP contribution is 2.50. The monoisotopic (exact) mass is 498 g/mol. The molecule has 1 saturated heterocycles. The third-order valence-corrected chi connectivity index (χ3v) is 8.04. The fraction of sp³-hybridized carbons (Fsp3) is 0.375. The molecule has 0 bridgehead atoms. The summed E-state index contributed by atoms with van der Waals surface area (Å²) in [5.74, 6) is -0.325. The molecular formula is C24H26N4O6S. The molecule has 1 spiro atoms. The van der Waals surface area contributed by atoms with Crippen molar-refractivity contribution < 1.29 is 27.6 Å². The summed E-state index contributed by atoms with van der Waals surface area (Å²) in [5.41, 5.74) is -0.545. The second-order valence-electron chi connectivity index (χ2n) is 9.70. The Bertz CT molecular complexity index is 1440. The highest BCUT2D eigenvalue weighted by molar-refractivity contribution is 7.90. The molecule has 1 unspecified atom stereocenters. The molecule has 2 aliphatic heterocycles. The van der Waals surface area contributed by atoms with E-state index in [1.165, 1.54) is 41.6 Å². The lowest BCUT2D eigenvalue weighted by atomic mass is 9.80. The second-order valence-corrected chi connectivity index (χ2v) is 11.5. The molecule has 0 N–H and O–H groups in total. The standard InChI is InChI=1S/C24H26N4O6S/c1-23(2,3)34-22(30)26-13-11-24(15-26)19-17-10-12-27(35(31,32)16-8-6-5-7-9-16)20(17)25-14-18(19)28(33-4)21(24)29/h5-10,12,14H,11,13,15H2,1-4H3. The van der Waals surface area contributed by atoms with E-state index >= 15 is 0 Å². The van der Waals surface area contributed by atoms with Gasteiger partial charge in [-0.15, -0.1) is 0 Å². The first-order valence-electron chi connectivity index (χ1n) is 11.2. The fourth-order valence-corrected chi connectivity index (χ4v) is 6.19. The highest BCUT2D eigenvalue weighted by atomic mass is 32.2. The number of carbonyl (C=O) groups excluding carboxylic acids is 2. The zero-order chi connectivity index (χ0) is 25.2. The van der Waals surface area contributed by atoms with Gasteiger partial charge in [0.2, 0.25) is 0 Å². The maximum atomic E-state index is 13.6. The van der Waals surface area contributed by atoms with Crippen LogP contribution in [0.5, 0.6) is 0 Å². The molecular weight excluding hydrogens is 472 g/mol. The van der Waals surface area contributed by atoms with E-state index in [0.717, 1.165) is 3.97 Å². The van der Waals surface area contributed by atoms with Gasteiger partial charge in [-0.25, -0.2) is 22.2 Å². The molecule has 0 radical (unpaired) electrons. The molecule has 0 aliphatic carbocycles. The number of carbonyl (C=O) groups is 2. The number of hydrogen-bond acceptors (Lipinski definition) is 7. The summed E-state index contributed by atoms with van der Waals surface area (Å²) in [6, 6.07) is 9.72. The second kappa shape index (κ2) is 7.79. The van der Waals surface area contributed by atoms with E-state index in [4.69, 9.17) is 9.57 Å². The van der Waals surface area contributed by atoms with Crippen LogP contribution in [0.4, 0.5) is 10.5 Å². The molecule has 10 nitrogen and oxygen atoms in total. The van der Waals surface area contributed by atoms with Crippen molar-refractivity contribution in [3.8, 4) is 0 Å². The summed E-state index contributed by atoms with van der Waals surface area (Å²) in [6.45, 7) is 5.74. The van der Waals surface area contributed by atoms with Crippen LogP contribution in [-0.2, 0) is 29.8 Å². The van der Waals surface area contributed by atoms with E-state index in [1.807, 2.05) is 0 Å². The minimum atomic E-state index is -3.91. The minimum absolute atomic E-state index is 0.0866. The highest BCUT2D eigenvalue weighted by Gasteiger charge is 2.57. The van der Waals surface area contributed by atoms with Gasteiger partial charge in [-0.2, -0.15) is 5.06 Å². The van der Waals surface area contributed by atoms with Crippen LogP contribution in [-0.4, -0.2) is 60.1 Å². The molecule has 3 aromatic rings. The van der Waals surface area contributed by atoms with Crippen LogP contribution in [0.25, 0.3) is 11.0 Å². The summed E-state index contributed by atoms with van der Waals surface area (Å²) >= 11 is 0. The topological polar surface area (TPSA) is 111 Å². The number of benzene rings is 1. The van der Waals surface area contributed by atoms with Gasteiger partial charge < -0.3 is 9.64 Å². The van der Waals surface area contributed by atoms with Gasteiger partial charge in [0, 0.05) is 30.2 Å². The van der Waals surface area contributed by atoms with Crippen LogP contribution in [0.15, 0.2) is 53.7 Å². The lowest BCUT2D eigenvalue weighted by molar-refractivity contribution is -0.128. The molecule has 35 heavy (non-hydrogen) atoms. The van der Waals surface area contributed by atoms with E-state index in [2.05, 4.69) is 4.98 Å². The summed E-state index contributed by atoms with van der Waals surface area (Å²) in [6.07, 6.45) is 2.72. The van der Waals surface area contributed by atoms with Gasteiger partial charge in [-0.1, -0.05) is 18.2 Å². The normalized spacial score (nSPS) is 20.2. The largest absolute Gasteiger partial charge is 0.444 e. The molecule has 2 amide bonds. The van der Waals surface area contributed by atoms with E-state index < -0.39 is 27.1 Å². The van der Waals surface area contributed by atoms with Crippen molar-refractivity contribution in [2.75, 3.05) is 25.3 Å². The number of fused-ring (bicyclic) bond motifs is 4.